The molecule has 1 aromatic carbocycles. The highest BCUT2D eigenvalue weighted by Gasteiger charge is 2.14. The highest BCUT2D eigenvalue weighted by atomic mass is 32.1. The molecular formula is C21H32N4OS. The maximum absolute atomic E-state index is 6.05. The number of aryl methyl sites for hydroxylation is 2. The van der Waals surface area contributed by atoms with E-state index in [9.17, 15) is 0 Å². The molecule has 0 radical (unpaired) electrons. The van der Waals surface area contributed by atoms with Crippen LogP contribution in [0.15, 0.2) is 34.6 Å². The number of benzene rings is 1. The van der Waals surface area contributed by atoms with Gasteiger partial charge in [0.1, 0.15) is 11.4 Å². The van der Waals surface area contributed by atoms with Crippen LogP contribution in [0, 0.1) is 6.92 Å². The number of ether oxygens (including phenoxy) is 1. The molecule has 0 atom stereocenters. The van der Waals surface area contributed by atoms with Gasteiger partial charge in [0, 0.05) is 36.8 Å². The van der Waals surface area contributed by atoms with E-state index in [1.807, 2.05) is 25.1 Å². The van der Waals surface area contributed by atoms with Gasteiger partial charge in [-0.15, -0.1) is 11.3 Å². The Morgan fingerprint density at radius 3 is 2.63 bits per heavy atom. The molecule has 2 rings (SSSR count). The summed E-state index contributed by atoms with van der Waals surface area (Å²) in [6, 6.07) is 8.13. The SMILES string of the molecule is CN=C(NCCCCc1nc(C)cs1)NCc1ccccc1OC(C)(C)C. The molecule has 0 aliphatic heterocycles. The molecule has 0 aliphatic carbocycles. The normalized spacial score (nSPS) is 12.1. The topological polar surface area (TPSA) is 58.5 Å². The van der Waals surface area contributed by atoms with Crippen LogP contribution in [0.5, 0.6) is 5.75 Å². The van der Waals surface area contributed by atoms with Crippen LogP contribution in [0.2, 0.25) is 0 Å². The van der Waals surface area contributed by atoms with Crippen LogP contribution in [-0.4, -0.2) is 30.1 Å². The van der Waals surface area contributed by atoms with Gasteiger partial charge in [0.25, 0.3) is 0 Å². The van der Waals surface area contributed by atoms with Crippen molar-refractivity contribution >= 4 is 17.3 Å². The lowest BCUT2D eigenvalue weighted by molar-refractivity contribution is 0.129. The quantitative estimate of drug-likeness (QED) is 0.402. The Bertz CT molecular complexity index is 734. The molecule has 6 heteroatoms. The molecule has 0 bridgehead atoms. The number of unbranched alkanes of at least 4 members (excludes halogenated alkanes) is 1. The van der Waals surface area contributed by atoms with Gasteiger partial charge in [-0.1, -0.05) is 18.2 Å². The molecule has 0 spiro atoms. The third-order valence-electron chi connectivity index (χ3n) is 3.84. The van der Waals surface area contributed by atoms with Crippen molar-refractivity contribution in [2.24, 2.45) is 4.99 Å². The number of para-hydroxylation sites is 1. The van der Waals surface area contributed by atoms with E-state index in [1.165, 1.54) is 5.01 Å². The lowest BCUT2D eigenvalue weighted by Gasteiger charge is -2.23. The van der Waals surface area contributed by atoms with Gasteiger partial charge in [0.2, 0.25) is 0 Å². The zero-order chi connectivity index (χ0) is 19.7. The number of rotatable bonds is 8. The smallest absolute Gasteiger partial charge is 0.191 e. The Kier molecular flexibility index (Phi) is 8.10. The van der Waals surface area contributed by atoms with Gasteiger partial charge in [0.05, 0.1) is 5.01 Å². The average molecular weight is 389 g/mol. The number of hydrogen-bond donors (Lipinski definition) is 2. The Balaban J connectivity index is 1.74. The molecule has 2 aromatic rings. The summed E-state index contributed by atoms with van der Waals surface area (Å²) >= 11 is 1.75. The van der Waals surface area contributed by atoms with Gasteiger partial charge in [0.15, 0.2) is 5.96 Å². The van der Waals surface area contributed by atoms with E-state index in [2.05, 4.69) is 52.8 Å². The molecule has 0 saturated carbocycles. The fourth-order valence-corrected chi connectivity index (χ4v) is 3.42. The highest BCUT2D eigenvalue weighted by molar-refractivity contribution is 7.09. The van der Waals surface area contributed by atoms with Crippen LogP contribution in [0.3, 0.4) is 0 Å². The molecule has 0 amide bonds. The number of nitrogens with zero attached hydrogens (tertiary/aromatic N) is 2. The molecule has 0 aliphatic rings. The highest BCUT2D eigenvalue weighted by Crippen LogP contribution is 2.22. The lowest BCUT2D eigenvalue weighted by Crippen LogP contribution is -2.37. The number of guanidine groups is 1. The molecule has 0 unspecified atom stereocenters. The van der Waals surface area contributed by atoms with E-state index < -0.39 is 0 Å². The Hall–Kier alpha value is -2.08. The summed E-state index contributed by atoms with van der Waals surface area (Å²) in [5.41, 5.74) is 2.02. The molecule has 2 N–H and O–H groups in total. The zero-order valence-corrected chi connectivity index (χ0v) is 17.9. The minimum absolute atomic E-state index is 0.216. The summed E-state index contributed by atoms with van der Waals surface area (Å²) in [5, 5.41) is 10.1. The summed E-state index contributed by atoms with van der Waals surface area (Å²) in [7, 11) is 1.80. The summed E-state index contributed by atoms with van der Waals surface area (Å²) in [5.74, 6) is 1.72. The maximum Gasteiger partial charge on any atom is 0.191 e. The summed E-state index contributed by atoms with van der Waals surface area (Å²) in [6.45, 7) is 9.79. The van der Waals surface area contributed by atoms with Crippen molar-refractivity contribution in [1.82, 2.24) is 15.6 Å². The molecular weight excluding hydrogens is 356 g/mol. The van der Waals surface area contributed by atoms with E-state index in [1.54, 1.807) is 18.4 Å². The predicted molar refractivity (Wildman–Crippen MR) is 115 cm³/mol. The number of aliphatic imine (C=N–C) groups is 1. The standard InChI is InChI=1S/C21H32N4OS/c1-16-15-27-19(25-16)12-8-9-13-23-20(22-5)24-14-17-10-6-7-11-18(17)26-21(2,3)4/h6-7,10-11,15H,8-9,12-14H2,1-5H3,(H2,22,23,24). The maximum atomic E-state index is 6.05. The monoisotopic (exact) mass is 388 g/mol. The predicted octanol–water partition coefficient (Wildman–Crippen LogP) is 4.32. The van der Waals surface area contributed by atoms with E-state index in [0.717, 1.165) is 48.8 Å². The Morgan fingerprint density at radius 1 is 1.19 bits per heavy atom. The van der Waals surface area contributed by atoms with Gasteiger partial charge < -0.3 is 15.4 Å². The number of aromatic nitrogens is 1. The molecule has 1 aromatic heterocycles. The van der Waals surface area contributed by atoms with Gasteiger partial charge >= 0.3 is 0 Å². The van der Waals surface area contributed by atoms with Crippen molar-refractivity contribution in [2.75, 3.05) is 13.6 Å². The molecule has 148 valence electrons. The Morgan fingerprint density at radius 2 is 1.96 bits per heavy atom. The number of thiazole rings is 1. The second kappa shape index (κ2) is 10.3. The van der Waals surface area contributed by atoms with Gasteiger partial charge in [-0.05, 0) is 53.0 Å². The van der Waals surface area contributed by atoms with Crippen molar-refractivity contribution in [3.05, 3.63) is 45.9 Å². The third kappa shape index (κ3) is 7.99. The molecule has 27 heavy (non-hydrogen) atoms. The fourth-order valence-electron chi connectivity index (χ4n) is 2.60. The first-order chi connectivity index (χ1) is 12.9. The van der Waals surface area contributed by atoms with Crippen molar-refractivity contribution in [2.45, 2.75) is 59.1 Å². The second-order valence-corrected chi connectivity index (χ2v) is 8.46. The summed E-state index contributed by atoms with van der Waals surface area (Å²) in [6.07, 6.45) is 3.26. The first-order valence-electron chi connectivity index (χ1n) is 9.50. The minimum Gasteiger partial charge on any atom is -0.488 e. The van der Waals surface area contributed by atoms with Crippen LogP contribution in [-0.2, 0) is 13.0 Å². The van der Waals surface area contributed by atoms with Crippen LogP contribution in [0.1, 0.15) is 49.9 Å². The molecule has 1 heterocycles. The van der Waals surface area contributed by atoms with Crippen molar-refractivity contribution in [1.29, 1.82) is 0 Å². The van der Waals surface area contributed by atoms with Crippen molar-refractivity contribution in [3.8, 4) is 5.75 Å². The number of hydrogen-bond acceptors (Lipinski definition) is 4. The first kappa shape index (κ1) is 21.2. The lowest BCUT2D eigenvalue weighted by atomic mass is 10.1. The molecule has 0 saturated heterocycles. The van der Waals surface area contributed by atoms with Gasteiger partial charge in [-0.2, -0.15) is 0 Å². The molecule has 0 fully saturated rings. The van der Waals surface area contributed by atoms with E-state index in [4.69, 9.17) is 4.74 Å². The van der Waals surface area contributed by atoms with E-state index in [0.29, 0.717) is 6.54 Å². The second-order valence-electron chi connectivity index (χ2n) is 7.51. The van der Waals surface area contributed by atoms with E-state index >= 15 is 0 Å². The van der Waals surface area contributed by atoms with Gasteiger partial charge in [-0.3, -0.25) is 4.99 Å². The zero-order valence-electron chi connectivity index (χ0n) is 17.1. The first-order valence-corrected chi connectivity index (χ1v) is 10.4. The van der Waals surface area contributed by atoms with E-state index in [-0.39, 0.29) is 5.60 Å². The minimum atomic E-state index is -0.216. The van der Waals surface area contributed by atoms with Crippen LogP contribution in [0.4, 0.5) is 0 Å². The summed E-state index contributed by atoms with van der Waals surface area (Å²) in [4.78, 5) is 8.82. The van der Waals surface area contributed by atoms with Crippen LogP contribution in [0.25, 0.3) is 0 Å². The number of nitrogens with one attached hydrogen (secondary N) is 2. The largest absolute Gasteiger partial charge is 0.488 e. The average Bonchev–Trinajstić information content (AvgIpc) is 3.02. The summed E-state index contributed by atoms with van der Waals surface area (Å²) < 4.78 is 6.05. The van der Waals surface area contributed by atoms with Gasteiger partial charge in [-0.25, -0.2) is 4.98 Å². The van der Waals surface area contributed by atoms with Crippen LogP contribution < -0.4 is 15.4 Å². The molecule has 5 nitrogen and oxygen atoms in total. The van der Waals surface area contributed by atoms with Crippen LogP contribution >= 0.6 is 11.3 Å². The van der Waals surface area contributed by atoms with Crippen molar-refractivity contribution < 1.29 is 4.74 Å². The fraction of sp³-hybridized carbons (Fsp3) is 0.524. The third-order valence-corrected chi connectivity index (χ3v) is 4.86. The Labute approximate surface area is 167 Å². The van der Waals surface area contributed by atoms with Crippen molar-refractivity contribution in [3.63, 3.8) is 0 Å².